The van der Waals surface area contributed by atoms with Gasteiger partial charge in [0.05, 0.1) is 12.8 Å². The van der Waals surface area contributed by atoms with Gasteiger partial charge in [0, 0.05) is 30.6 Å². The highest BCUT2D eigenvalue weighted by molar-refractivity contribution is 14.0. The average molecular weight is 510 g/mol. The van der Waals surface area contributed by atoms with Crippen LogP contribution in [-0.4, -0.2) is 24.0 Å². The molecule has 0 bridgehead atoms. The van der Waals surface area contributed by atoms with Gasteiger partial charge in [-0.05, 0) is 30.5 Å². The molecule has 3 aromatic rings. The number of aliphatic imine (C=N–C) groups is 1. The Morgan fingerprint density at radius 2 is 1.86 bits per heavy atom. The van der Waals surface area contributed by atoms with Crippen molar-refractivity contribution >= 4 is 41.3 Å². The van der Waals surface area contributed by atoms with Gasteiger partial charge in [-0.25, -0.2) is 9.98 Å². The van der Waals surface area contributed by atoms with Gasteiger partial charge in [-0.3, -0.25) is 0 Å². The van der Waals surface area contributed by atoms with Crippen LogP contribution in [0.2, 0.25) is 0 Å². The molecular weight excluding hydrogens is 483 g/mol. The highest BCUT2D eigenvalue weighted by atomic mass is 127. The number of benzene rings is 1. The van der Waals surface area contributed by atoms with E-state index in [1.54, 1.807) is 17.6 Å². The lowest BCUT2D eigenvalue weighted by Gasteiger charge is -2.12. The van der Waals surface area contributed by atoms with E-state index in [4.69, 9.17) is 9.41 Å². The molecule has 0 unspecified atom stereocenters. The third kappa shape index (κ3) is 7.63. The van der Waals surface area contributed by atoms with Crippen molar-refractivity contribution in [2.45, 2.75) is 32.7 Å². The van der Waals surface area contributed by atoms with Gasteiger partial charge in [0.1, 0.15) is 10.8 Å². The molecule has 0 aliphatic rings. The van der Waals surface area contributed by atoms with Crippen molar-refractivity contribution < 1.29 is 4.42 Å². The number of rotatable bonds is 9. The molecule has 2 N–H and O–H groups in total. The van der Waals surface area contributed by atoms with Crippen molar-refractivity contribution in [3.63, 3.8) is 0 Å². The number of furan rings is 1. The van der Waals surface area contributed by atoms with Crippen molar-refractivity contribution in [3.8, 4) is 0 Å². The molecule has 0 aliphatic heterocycles. The molecule has 0 amide bonds. The van der Waals surface area contributed by atoms with E-state index in [1.165, 1.54) is 10.4 Å². The summed E-state index contributed by atoms with van der Waals surface area (Å²) < 4.78 is 5.39. The number of aryl methyl sites for hydroxylation is 1. The van der Waals surface area contributed by atoms with E-state index in [0.717, 1.165) is 49.1 Å². The van der Waals surface area contributed by atoms with Crippen molar-refractivity contribution in [2.75, 3.05) is 13.1 Å². The Kier molecular flexibility index (Phi) is 10.1. The fourth-order valence-electron chi connectivity index (χ4n) is 2.63. The Hall–Kier alpha value is -1.87. The first kappa shape index (κ1) is 22.4. The summed E-state index contributed by atoms with van der Waals surface area (Å²) in [7, 11) is 0. The van der Waals surface area contributed by atoms with Gasteiger partial charge in [-0.15, -0.1) is 35.3 Å². The molecule has 0 radical (unpaired) electrons. The molecule has 1 aromatic carbocycles. The monoisotopic (exact) mass is 510 g/mol. The van der Waals surface area contributed by atoms with Gasteiger partial charge in [-0.1, -0.05) is 37.3 Å². The molecule has 7 heteroatoms. The quantitative estimate of drug-likeness (QED) is 0.254. The lowest BCUT2D eigenvalue weighted by molar-refractivity contribution is 0.506. The maximum Gasteiger partial charge on any atom is 0.191 e. The predicted molar refractivity (Wildman–Crippen MR) is 127 cm³/mol. The number of nitrogens with zero attached hydrogens (tertiary/aromatic N) is 2. The Bertz CT molecular complexity index is 818. The number of nitrogens with one attached hydrogen (secondary N) is 2. The van der Waals surface area contributed by atoms with Gasteiger partial charge in [0.2, 0.25) is 0 Å². The molecule has 2 aromatic heterocycles. The lowest BCUT2D eigenvalue weighted by Crippen LogP contribution is -2.39. The van der Waals surface area contributed by atoms with E-state index < -0.39 is 0 Å². The molecule has 0 atom stereocenters. The average Bonchev–Trinajstić information content (AvgIpc) is 3.38. The zero-order valence-electron chi connectivity index (χ0n) is 16.1. The number of thiazole rings is 1. The SMILES string of the molecule is CCc1cnc(CN=C(NCCc2ccccc2)NCCc2ccco2)s1.I. The molecule has 5 nitrogen and oxygen atoms in total. The number of hydrogen-bond donors (Lipinski definition) is 2. The minimum atomic E-state index is 0. The molecule has 0 saturated heterocycles. The summed E-state index contributed by atoms with van der Waals surface area (Å²) in [5.41, 5.74) is 1.31. The van der Waals surface area contributed by atoms with E-state index in [1.807, 2.05) is 24.4 Å². The van der Waals surface area contributed by atoms with Gasteiger partial charge < -0.3 is 15.1 Å². The fraction of sp³-hybridized carbons (Fsp3) is 0.333. The van der Waals surface area contributed by atoms with Gasteiger partial charge in [-0.2, -0.15) is 0 Å². The van der Waals surface area contributed by atoms with E-state index in [-0.39, 0.29) is 24.0 Å². The molecule has 28 heavy (non-hydrogen) atoms. The Morgan fingerprint density at radius 1 is 1.07 bits per heavy atom. The summed E-state index contributed by atoms with van der Waals surface area (Å²) in [5.74, 6) is 1.78. The van der Waals surface area contributed by atoms with Crippen LogP contribution in [0.5, 0.6) is 0 Å². The zero-order chi connectivity index (χ0) is 18.7. The minimum absolute atomic E-state index is 0. The molecule has 3 rings (SSSR count). The molecule has 0 fully saturated rings. The summed E-state index contributed by atoms with van der Waals surface area (Å²) in [6.45, 7) is 4.33. The maximum absolute atomic E-state index is 5.39. The first-order chi connectivity index (χ1) is 13.3. The van der Waals surface area contributed by atoms with Gasteiger partial charge in [0.15, 0.2) is 5.96 Å². The molecule has 150 valence electrons. The summed E-state index contributed by atoms with van der Waals surface area (Å²) in [4.78, 5) is 10.4. The number of guanidine groups is 1. The predicted octanol–water partition coefficient (Wildman–Crippen LogP) is 4.44. The third-order valence-corrected chi connectivity index (χ3v) is 5.24. The summed E-state index contributed by atoms with van der Waals surface area (Å²) >= 11 is 1.73. The Labute approximate surface area is 187 Å². The molecular formula is C21H27IN4OS. The van der Waals surface area contributed by atoms with Crippen molar-refractivity contribution in [1.82, 2.24) is 15.6 Å². The van der Waals surface area contributed by atoms with Crippen LogP contribution in [0.4, 0.5) is 0 Å². The topological polar surface area (TPSA) is 62.5 Å². The molecule has 2 heterocycles. The van der Waals surface area contributed by atoms with Crippen LogP contribution in [0.25, 0.3) is 0 Å². The normalized spacial score (nSPS) is 11.1. The highest BCUT2D eigenvalue weighted by Crippen LogP contribution is 2.14. The standard InChI is InChI=1S/C21H26N4OS.HI/c1-2-19-15-24-20(27-19)16-25-21(23-13-11-18-9-6-14-26-18)22-12-10-17-7-4-3-5-8-17;/h3-9,14-15H,2,10-13,16H2,1H3,(H2,22,23,25);1H. The second kappa shape index (κ2) is 12.6. The van der Waals surface area contributed by atoms with Crippen molar-refractivity contribution in [3.05, 3.63) is 76.1 Å². The zero-order valence-corrected chi connectivity index (χ0v) is 19.2. The summed E-state index contributed by atoms with van der Waals surface area (Å²) in [6.07, 6.45) is 6.45. The Balaban J connectivity index is 0.00000280. The van der Waals surface area contributed by atoms with E-state index >= 15 is 0 Å². The van der Waals surface area contributed by atoms with Crippen LogP contribution in [0.15, 0.2) is 64.3 Å². The summed E-state index contributed by atoms with van der Waals surface area (Å²) in [6, 6.07) is 14.4. The Morgan fingerprint density at radius 3 is 2.54 bits per heavy atom. The molecule has 0 aliphatic carbocycles. The molecule has 0 saturated carbocycles. The first-order valence-electron chi connectivity index (χ1n) is 9.35. The van der Waals surface area contributed by atoms with Crippen LogP contribution in [-0.2, 0) is 25.8 Å². The second-order valence-corrected chi connectivity index (χ2v) is 7.36. The van der Waals surface area contributed by atoms with Gasteiger partial charge >= 0.3 is 0 Å². The third-order valence-electron chi connectivity index (χ3n) is 4.12. The number of halogens is 1. The van der Waals surface area contributed by atoms with Crippen LogP contribution < -0.4 is 10.6 Å². The maximum atomic E-state index is 5.39. The van der Waals surface area contributed by atoms with Gasteiger partial charge in [0.25, 0.3) is 0 Å². The van der Waals surface area contributed by atoms with E-state index in [9.17, 15) is 0 Å². The first-order valence-corrected chi connectivity index (χ1v) is 10.2. The van der Waals surface area contributed by atoms with Crippen LogP contribution >= 0.6 is 35.3 Å². The lowest BCUT2D eigenvalue weighted by atomic mass is 10.1. The molecule has 0 spiro atoms. The van der Waals surface area contributed by atoms with Crippen molar-refractivity contribution in [1.29, 1.82) is 0 Å². The largest absolute Gasteiger partial charge is 0.469 e. The number of hydrogen-bond acceptors (Lipinski definition) is 4. The van der Waals surface area contributed by atoms with Crippen LogP contribution in [0.1, 0.15) is 28.1 Å². The van der Waals surface area contributed by atoms with Crippen LogP contribution in [0, 0.1) is 0 Å². The highest BCUT2D eigenvalue weighted by Gasteiger charge is 2.03. The fourth-order valence-corrected chi connectivity index (χ4v) is 3.42. The number of aromatic nitrogens is 1. The second-order valence-electron chi connectivity index (χ2n) is 6.16. The van der Waals surface area contributed by atoms with E-state index in [2.05, 4.69) is 46.8 Å². The van der Waals surface area contributed by atoms with Crippen molar-refractivity contribution in [2.24, 2.45) is 4.99 Å². The van der Waals surface area contributed by atoms with Crippen LogP contribution in [0.3, 0.4) is 0 Å². The minimum Gasteiger partial charge on any atom is -0.469 e. The smallest absolute Gasteiger partial charge is 0.191 e. The summed E-state index contributed by atoms with van der Waals surface area (Å²) in [5, 5.41) is 7.86. The van der Waals surface area contributed by atoms with E-state index in [0.29, 0.717) is 6.54 Å².